The number of hydrogen-bond acceptors (Lipinski definition) is 4. The second-order valence-electron chi connectivity index (χ2n) is 4.11. The summed E-state index contributed by atoms with van der Waals surface area (Å²) >= 11 is 3.23. The third kappa shape index (κ3) is 3.07. The van der Waals surface area contributed by atoms with E-state index in [0.717, 1.165) is 12.1 Å². The summed E-state index contributed by atoms with van der Waals surface area (Å²) in [6.07, 6.45) is 1.45. The van der Waals surface area contributed by atoms with Gasteiger partial charge in [0.1, 0.15) is 16.5 Å². The number of nitrogens with zero attached hydrogens (tertiary/aromatic N) is 1. The maximum atomic E-state index is 13.6. The maximum Gasteiger partial charge on any atom is 0.266 e. The van der Waals surface area contributed by atoms with E-state index in [1.165, 1.54) is 12.3 Å². The molecule has 0 atom stereocenters. The summed E-state index contributed by atoms with van der Waals surface area (Å²) in [6, 6.07) is 5.05. The Bertz CT molecular complexity index is 765. The third-order valence-corrected chi connectivity index (χ3v) is 4.31. The van der Waals surface area contributed by atoms with Gasteiger partial charge in [0.05, 0.1) is 0 Å². The Labute approximate surface area is 124 Å². The van der Waals surface area contributed by atoms with Crippen LogP contribution in [-0.2, 0) is 10.0 Å². The average Bonchev–Trinajstić information content (AvgIpc) is 2.35. The summed E-state index contributed by atoms with van der Waals surface area (Å²) in [5.74, 6) is -0.739. The van der Waals surface area contributed by atoms with Gasteiger partial charge in [0.15, 0.2) is 0 Å². The summed E-state index contributed by atoms with van der Waals surface area (Å²) in [7, 11) is -4.08. The molecule has 0 radical (unpaired) electrons. The van der Waals surface area contributed by atoms with E-state index in [9.17, 15) is 12.8 Å². The third-order valence-electron chi connectivity index (χ3n) is 2.52. The Morgan fingerprint density at radius 1 is 1.35 bits per heavy atom. The van der Waals surface area contributed by atoms with E-state index in [4.69, 9.17) is 5.73 Å². The molecular weight excluding hydrogens is 349 g/mol. The molecule has 5 nitrogen and oxygen atoms in total. The number of benzene rings is 1. The van der Waals surface area contributed by atoms with Gasteiger partial charge in [-0.1, -0.05) is 0 Å². The van der Waals surface area contributed by atoms with Crippen LogP contribution in [0.5, 0.6) is 0 Å². The van der Waals surface area contributed by atoms with E-state index in [1.54, 1.807) is 13.0 Å². The van der Waals surface area contributed by atoms with Crippen molar-refractivity contribution in [3.8, 4) is 0 Å². The average molecular weight is 360 g/mol. The molecule has 106 valence electrons. The molecule has 1 heterocycles. The summed E-state index contributed by atoms with van der Waals surface area (Å²) < 4.78 is 40.9. The smallest absolute Gasteiger partial charge is 0.266 e. The Kier molecular flexibility index (Phi) is 3.96. The van der Waals surface area contributed by atoms with Crippen molar-refractivity contribution in [2.24, 2.45) is 0 Å². The van der Waals surface area contributed by atoms with Gasteiger partial charge in [-0.25, -0.2) is 17.8 Å². The number of aryl methyl sites for hydroxylation is 1. The van der Waals surface area contributed by atoms with Crippen molar-refractivity contribution < 1.29 is 12.8 Å². The highest BCUT2D eigenvalue weighted by atomic mass is 79.9. The summed E-state index contributed by atoms with van der Waals surface area (Å²) in [6.45, 7) is 1.69. The van der Waals surface area contributed by atoms with E-state index in [1.807, 2.05) is 0 Å². The lowest BCUT2D eigenvalue weighted by molar-refractivity contribution is 0.570. The van der Waals surface area contributed by atoms with Gasteiger partial charge in [-0.15, -0.1) is 0 Å². The second kappa shape index (κ2) is 5.37. The first-order valence-corrected chi connectivity index (χ1v) is 7.77. The molecule has 0 spiro atoms. The van der Waals surface area contributed by atoms with Gasteiger partial charge in [0.2, 0.25) is 0 Å². The van der Waals surface area contributed by atoms with Crippen LogP contribution in [0.3, 0.4) is 0 Å². The van der Waals surface area contributed by atoms with E-state index in [0.29, 0.717) is 10.0 Å². The van der Waals surface area contributed by atoms with Crippen molar-refractivity contribution >= 4 is 37.5 Å². The Hall–Kier alpha value is -1.67. The highest BCUT2D eigenvalue weighted by Crippen LogP contribution is 2.23. The predicted molar refractivity (Wildman–Crippen MR) is 78.3 cm³/mol. The molecule has 0 aliphatic heterocycles. The fourth-order valence-electron chi connectivity index (χ4n) is 1.56. The van der Waals surface area contributed by atoms with Gasteiger partial charge in [-0.2, -0.15) is 0 Å². The molecule has 2 aromatic rings. The minimum absolute atomic E-state index is 0.134. The van der Waals surface area contributed by atoms with Crippen molar-refractivity contribution in [3.05, 3.63) is 46.3 Å². The summed E-state index contributed by atoms with van der Waals surface area (Å²) in [5, 5.41) is 0. The van der Waals surface area contributed by atoms with Crippen LogP contribution in [0, 0.1) is 12.7 Å². The number of pyridine rings is 1. The molecule has 0 aliphatic rings. The summed E-state index contributed by atoms with van der Waals surface area (Å²) in [4.78, 5) is 3.44. The Morgan fingerprint density at radius 2 is 2.05 bits per heavy atom. The molecule has 1 aromatic heterocycles. The fraction of sp³-hybridized carbons (Fsp3) is 0.0833. The Balaban J connectivity index is 2.43. The number of anilines is 2. The quantitative estimate of drug-likeness (QED) is 0.825. The molecule has 0 aliphatic carbocycles. The molecule has 2 rings (SSSR count). The lowest BCUT2D eigenvalue weighted by Gasteiger charge is -2.10. The molecular formula is C12H11BrFN3O2S. The summed E-state index contributed by atoms with van der Waals surface area (Å²) in [5.41, 5.74) is 6.25. The van der Waals surface area contributed by atoms with Crippen molar-refractivity contribution in [1.82, 2.24) is 4.98 Å². The molecule has 0 unspecified atom stereocenters. The van der Waals surface area contributed by atoms with E-state index in [-0.39, 0.29) is 11.5 Å². The number of sulfonamides is 1. The van der Waals surface area contributed by atoms with E-state index >= 15 is 0 Å². The van der Waals surface area contributed by atoms with Gasteiger partial charge >= 0.3 is 0 Å². The lowest BCUT2D eigenvalue weighted by atomic mass is 10.3. The minimum atomic E-state index is -4.08. The number of aromatic nitrogens is 1. The van der Waals surface area contributed by atoms with Crippen LogP contribution in [0.1, 0.15) is 5.56 Å². The zero-order valence-electron chi connectivity index (χ0n) is 10.4. The topological polar surface area (TPSA) is 85.1 Å². The van der Waals surface area contributed by atoms with E-state index < -0.39 is 20.7 Å². The SMILES string of the molecule is Cc1cc(Br)cnc1NS(=O)(=O)c1cc(N)ccc1F. The highest BCUT2D eigenvalue weighted by molar-refractivity contribution is 9.10. The number of nitrogens with one attached hydrogen (secondary N) is 1. The van der Waals surface area contributed by atoms with Crippen LogP contribution in [-0.4, -0.2) is 13.4 Å². The predicted octanol–water partition coefficient (Wildman–Crippen LogP) is 2.67. The maximum absolute atomic E-state index is 13.6. The number of nitrogens with two attached hydrogens (primary N) is 1. The fourth-order valence-corrected chi connectivity index (χ4v) is 3.20. The standard InChI is InChI=1S/C12H11BrFN3O2S/c1-7-4-8(13)6-16-12(7)17-20(18,19)11-5-9(15)2-3-10(11)14/h2-6H,15H2,1H3,(H,16,17). The number of hydrogen-bond donors (Lipinski definition) is 2. The van der Waals surface area contributed by atoms with Gasteiger partial charge < -0.3 is 5.73 Å². The van der Waals surface area contributed by atoms with Crippen LogP contribution >= 0.6 is 15.9 Å². The van der Waals surface area contributed by atoms with Crippen molar-refractivity contribution in [2.45, 2.75) is 11.8 Å². The van der Waals surface area contributed by atoms with Crippen LogP contribution in [0.4, 0.5) is 15.9 Å². The van der Waals surface area contributed by atoms with Gasteiger partial charge in [-0.05, 0) is 52.7 Å². The number of nitrogen functional groups attached to an aromatic ring is 1. The first-order valence-electron chi connectivity index (χ1n) is 5.49. The number of rotatable bonds is 3. The van der Waals surface area contributed by atoms with Crippen molar-refractivity contribution in [1.29, 1.82) is 0 Å². The molecule has 8 heteroatoms. The molecule has 0 saturated carbocycles. The zero-order valence-corrected chi connectivity index (χ0v) is 12.8. The normalized spacial score (nSPS) is 11.3. The largest absolute Gasteiger partial charge is 0.399 e. The molecule has 0 bridgehead atoms. The number of halogens is 2. The molecule has 20 heavy (non-hydrogen) atoms. The lowest BCUT2D eigenvalue weighted by Crippen LogP contribution is -2.16. The molecule has 0 saturated heterocycles. The first kappa shape index (κ1) is 14.7. The second-order valence-corrected chi connectivity index (χ2v) is 6.68. The van der Waals surface area contributed by atoms with Crippen LogP contribution < -0.4 is 10.5 Å². The molecule has 0 amide bonds. The monoisotopic (exact) mass is 359 g/mol. The van der Waals surface area contributed by atoms with Crippen molar-refractivity contribution in [2.75, 3.05) is 10.5 Å². The van der Waals surface area contributed by atoms with Gasteiger partial charge in [0.25, 0.3) is 10.0 Å². The van der Waals surface area contributed by atoms with Crippen molar-refractivity contribution in [3.63, 3.8) is 0 Å². The van der Waals surface area contributed by atoms with Gasteiger partial charge in [-0.3, -0.25) is 4.72 Å². The first-order chi connectivity index (χ1) is 9.29. The molecule has 3 N–H and O–H groups in total. The van der Waals surface area contributed by atoms with Crippen LogP contribution in [0.2, 0.25) is 0 Å². The van der Waals surface area contributed by atoms with Crippen LogP contribution in [0.25, 0.3) is 0 Å². The van der Waals surface area contributed by atoms with Crippen LogP contribution in [0.15, 0.2) is 39.8 Å². The molecule has 1 aromatic carbocycles. The van der Waals surface area contributed by atoms with Gasteiger partial charge in [0, 0.05) is 16.4 Å². The molecule has 0 fully saturated rings. The van der Waals surface area contributed by atoms with E-state index in [2.05, 4.69) is 25.6 Å². The minimum Gasteiger partial charge on any atom is -0.399 e. The highest BCUT2D eigenvalue weighted by Gasteiger charge is 2.20. The Morgan fingerprint density at radius 3 is 2.70 bits per heavy atom. The zero-order chi connectivity index (χ0) is 14.9.